The second-order valence-electron chi connectivity index (χ2n) is 6.38. The lowest BCUT2D eigenvalue weighted by atomic mass is 9.76. The highest BCUT2D eigenvalue weighted by Crippen LogP contribution is 2.51. The Morgan fingerprint density at radius 2 is 1.96 bits per heavy atom. The lowest BCUT2D eigenvalue weighted by Gasteiger charge is -2.37. The Hall–Kier alpha value is -2.95. The first-order valence-electron chi connectivity index (χ1n) is 7.93. The molecule has 5 heteroatoms. The maximum absolute atomic E-state index is 11.5. The lowest BCUT2D eigenvalue weighted by molar-refractivity contribution is 0.1000. The normalized spacial score (nSPS) is 24.1. The van der Waals surface area contributed by atoms with Crippen LogP contribution in [0, 0.1) is 5.92 Å². The van der Waals surface area contributed by atoms with Crippen LogP contribution >= 0.6 is 0 Å². The van der Waals surface area contributed by atoms with Crippen LogP contribution in [0.4, 0.5) is 5.69 Å². The van der Waals surface area contributed by atoms with Crippen molar-refractivity contribution in [1.29, 1.82) is 0 Å². The number of rotatable bonds is 2. The second kappa shape index (κ2) is 5.30. The number of primary amides is 1. The van der Waals surface area contributed by atoms with Crippen LogP contribution in [0.15, 0.2) is 48.6 Å². The summed E-state index contributed by atoms with van der Waals surface area (Å²) in [5, 5.41) is 23.3. The summed E-state index contributed by atoms with van der Waals surface area (Å²) in [7, 11) is 0. The molecule has 1 aliphatic heterocycles. The van der Waals surface area contributed by atoms with Crippen molar-refractivity contribution in [2.75, 3.05) is 5.32 Å². The molecule has 0 bridgehead atoms. The second-order valence-corrected chi connectivity index (χ2v) is 6.38. The molecule has 3 atom stereocenters. The number of nitrogens with two attached hydrogens (primary N) is 1. The van der Waals surface area contributed by atoms with Crippen LogP contribution in [0.25, 0.3) is 0 Å². The molecule has 0 fully saturated rings. The summed E-state index contributed by atoms with van der Waals surface area (Å²) in [6.45, 7) is 0. The summed E-state index contributed by atoms with van der Waals surface area (Å²) in [4.78, 5) is 11.5. The Morgan fingerprint density at radius 3 is 2.71 bits per heavy atom. The first-order chi connectivity index (χ1) is 11.5. The highest BCUT2D eigenvalue weighted by atomic mass is 16.3. The minimum atomic E-state index is -0.436. The summed E-state index contributed by atoms with van der Waals surface area (Å²) in [5.41, 5.74) is 8.65. The fraction of sp³-hybridized carbons (Fsp3) is 0.211. The first-order valence-corrected chi connectivity index (χ1v) is 7.93. The van der Waals surface area contributed by atoms with Gasteiger partial charge in [0, 0.05) is 28.8 Å². The predicted molar refractivity (Wildman–Crippen MR) is 91.1 cm³/mol. The number of hydrogen-bond donors (Lipinski definition) is 4. The van der Waals surface area contributed by atoms with Gasteiger partial charge < -0.3 is 21.3 Å². The molecule has 0 spiro atoms. The van der Waals surface area contributed by atoms with E-state index in [-0.39, 0.29) is 29.4 Å². The molecular formula is C19H18N2O3. The molecule has 0 aromatic heterocycles. The van der Waals surface area contributed by atoms with Gasteiger partial charge in [0.2, 0.25) is 5.91 Å². The molecule has 4 rings (SSSR count). The van der Waals surface area contributed by atoms with E-state index in [9.17, 15) is 15.0 Å². The number of phenolic OH excluding ortho intramolecular Hbond substituents is 2. The molecule has 0 saturated heterocycles. The average Bonchev–Trinajstić information content (AvgIpc) is 3.04. The first kappa shape index (κ1) is 14.6. The highest BCUT2D eigenvalue weighted by molar-refractivity contribution is 5.93. The molecule has 2 aromatic carbocycles. The van der Waals surface area contributed by atoms with Gasteiger partial charge in [-0.25, -0.2) is 0 Å². The fourth-order valence-corrected chi connectivity index (χ4v) is 3.85. The molecule has 5 nitrogen and oxygen atoms in total. The quantitative estimate of drug-likeness (QED) is 0.639. The molecule has 2 aliphatic rings. The number of nitrogens with one attached hydrogen (secondary N) is 1. The Balaban J connectivity index is 1.79. The molecule has 2 aromatic rings. The van der Waals surface area contributed by atoms with Crippen molar-refractivity contribution in [1.82, 2.24) is 0 Å². The van der Waals surface area contributed by atoms with Crippen LogP contribution < -0.4 is 11.1 Å². The third kappa shape index (κ3) is 2.21. The predicted octanol–water partition coefficient (Wildman–Crippen LogP) is 3.02. The molecule has 0 saturated carbocycles. The van der Waals surface area contributed by atoms with Crippen LogP contribution in [0.1, 0.15) is 39.9 Å². The summed E-state index contributed by atoms with van der Waals surface area (Å²) in [5.74, 6) is 0.0828. The number of fused-ring (bicyclic) bond motifs is 3. The minimum absolute atomic E-state index is 0.0413. The van der Waals surface area contributed by atoms with E-state index in [1.165, 1.54) is 6.07 Å². The molecular weight excluding hydrogens is 304 g/mol. The van der Waals surface area contributed by atoms with E-state index in [0.717, 1.165) is 23.2 Å². The van der Waals surface area contributed by atoms with Crippen molar-refractivity contribution >= 4 is 11.6 Å². The molecule has 1 amide bonds. The minimum Gasteiger partial charge on any atom is -0.508 e. The van der Waals surface area contributed by atoms with Crippen LogP contribution in [0.2, 0.25) is 0 Å². The summed E-state index contributed by atoms with van der Waals surface area (Å²) >= 11 is 0. The zero-order valence-electron chi connectivity index (χ0n) is 12.9. The smallest absolute Gasteiger partial charge is 0.248 e. The third-order valence-corrected chi connectivity index (χ3v) is 5.00. The van der Waals surface area contributed by atoms with Gasteiger partial charge in [0.25, 0.3) is 0 Å². The molecule has 0 radical (unpaired) electrons. The average molecular weight is 322 g/mol. The van der Waals surface area contributed by atoms with Gasteiger partial charge in [0.1, 0.15) is 11.5 Å². The van der Waals surface area contributed by atoms with Crippen LogP contribution in [-0.4, -0.2) is 16.1 Å². The van der Waals surface area contributed by atoms with E-state index >= 15 is 0 Å². The summed E-state index contributed by atoms with van der Waals surface area (Å²) in [6.07, 6.45) is 5.16. The number of anilines is 1. The molecule has 24 heavy (non-hydrogen) atoms. The molecule has 3 unspecified atom stereocenters. The Labute approximate surface area is 139 Å². The molecule has 1 heterocycles. The number of carbonyl (C=O) groups is 1. The van der Waals surface area contributed by atoms with Gasteiger partial charge in [-0.2, -0.15) is 0 Å². The zero-order chi connectivity index (χ0) is 16.8. The number of hydrogen-bond acceptors (Lipinski definition) is 4. The molecule has 5 N–H and O–H groups in total. The van der Waals surface area contributed by atoms with Gasteiger partial charge in [-0.1, -0.05) is 12.2 Å². The fourth-order valence-electron chi connectivity index (χ4n) is 3.85. The van der Waals surface area contributed by atoms with Crippen molar-refractivity contribution in [2.24, 2.45) is 11.7 Å². The van der Waals surface area contributed by atoms with Crippen LogP contribution in [0.3, 0.4) is 0 Å². The van der Waals surface area contributed by atoms with Gasteiger partial charge in [-0.05, 0) is 48.2 Å². The van der Waals surface area contributed by atoms with E-state index in [1.807, 2.05) is 12.1 Å². The molecule has 1 aliphatic carbocycles. The Bertz CT molecular complexity index is 860. The van der Waals surface area contributed by atoms with Crippen LogP contribution in [0.5, 0.6) is 11.5 Å². The Kier molecular flexibility index (Phi) is 3.23. The van der Waals surface area contributed by atoms with Gasteiger partial charge in [0.05, 0.1) is 6.04 Å². The highest BCUT2D eigenvalue weighted by Gasteiger charge is 2.39. The maximum Gasteiger partial charge on any atom is 0.248 e. The van der Waals surface area contributed by atoms with Gasteiger partial charge in [0.15, 0.2) is 0 Å². The van der Waals surface area contributed by atoms with E-state index in [0.29, 0.717) is 5.56 Å². The van der Waals surface area contributed by atoms with Crippen molar-refractivity contribution < 1.29 is 15.0 Å². The van der Waals surface area contributed by atoms with Crippen molar-refractivity contribution in [3.05, 3.63) is 65.2 Å². The van der Waals surface area contributed by atoms with Crippen LogP contribution in [-0.2, 0) is 0 Å². The van der Waals surface area contributed by atoms with Gasteiger partial charge in [-0.3, -0.25) is 4.79 Å². The number of carbonyl (C=O) groups excluding carboxylic acids is 1. The topological polar surface area (TPSA) is 95.6 Å². The third-order valence-electron chi connectivity index (χ3n) is 5.00. The molecule has 122 valence electrons. The van der Waals surface area contributed by atoms with Crippen molar-refractivity contribution in [3.8, 4) is 11.5 Å². The maximum atomic E-state index is 11.5. The number of allylic oxidation sites excluding steroid dienone is 2. The van der Waals surface area contributed by atoms with Gasteiger partial charge >= 0.3 is 0 Å². The van der Waals surface area contributed by atoms with E-state index < -0.39 is 5.91 Å². The monoisotopic (exact) mass is 322 g/mol. The number of amides is 1. The SMILES string of the molecule is NC(=O)c1ccc2c(c1)C1C=CCC1C(c1ccc(O)cc1O)N2. The zero-order valence-corrected chi connectivity index (χ0v) is 12.9. The van der Waals surface area contributed by atoms with Crippen molar-refractivity contribution in [2.45, 2.75) is 18.4 Å². The Morgan fingerprint density at radius 1 is 1.12 bits per heavy atom. The number of benzene rings is 2. The lowest BCUT2D eigenvalue weighted by Crippen LogP contribution is -2.29. The summed E-state index contributed by atoms with van der Waals surface area (Å²) in [6, 6.07) is 10.0. The van der Waals surface area contributed by atoms with Gasteiger partial charge in [-0.15, -0.1) is 0 Å². The van der Waals surface area contributed by atoms with E-state index in [4.69, 9.17) is 5.73 Å². The summed E-state index contributed by atoms with van der Waals surface area (Å²) < 4.78 is 0. The number of phenols is 2. The van der Waals surface area contributed by atoms with Crippen molar-refractivity contribution in [3.63, 3.8) is 0 Å². The standard InChI is InChI=1S/C19H18N2O3/c20-19(24)10-4-7-16-15(8-10)12-2-1-3-13(12)18(21-16)14-6-5-11(22)9-17(14)23/h1-2,4-9,12-13,18,21-23H,3H2,(H2,20,24). The van der Waals surface area contributed by atoms with E-state index in [2.05, 4.69) is 17.5 Å². The number of aromatic hydroxyl groups is 2. The van der Waals surface area contributed by atoms with E-state index in [1.54, 1.807) is 18.2 Å². The largest absolute Gasteiger partial charge is 0.508 e.